The van der Waals surface area contributed by atoms with Gasteiger partial charge in [0, 0.05) is 0 Å². The molecule has 0 aromatic heterocycles. The van der Waals surface area contributed by atoms with Crippen molar-refractivity contribution in [3.05, 3.63) is 35.9 Å². The van der Waals surface area contributed by atoms with E-state index in [2.05, 4.69) is 10.1 Å². The molecule has 0 saturated carbocycles. The minimum atomic E-state index is -0.964. The highest BCUT2D eigenvalue weighted by Gasteiger charge is 2.26. The van der Waals surface area contributed by atoms with Gasteiger partial charge in [0.1, 0.15) is 0 Å². The van der Waals surface area contributed by atoms with Crippen LogP contribution in [0.15, 0.2) is 30.3 Å². The number of amides is 1. The summed E-state index contributed by atoms with van der Waals surface area (Å²) in [4.78, 5) is 35.2. The van der Waals surface area contributed by atoms with Crippen LogP contribution in [0.2, 0.25) is 0 Å². The van der Waals surface area contributed by atoms with Crippen LogP contribution in [0.5, 0.6) is 0 Å². The van der Waals surface area contributed by atoms with Crippen LogP contribution in [0.4, 0.5) is 0 Å². The summed E-state index contributed by atoms with van der Waals surface area (Å²) < 4.78 is 4.53. The molecular formula is C15H20N2O4. The number of ketones is 1. The van der Waals surface area contributed by atoms with E-state index in [-0.39, 0.29) is 18.7 Å². The summed E-state index contributed by atoms with van der Waals surface area (Å²) in [5, 5.41) is 2.54. The zero-order valence-electron chi connectivity index (χ0n) is 12.2. The Kier molecular flexibility index (Phi) is 6.55. The summed E-state index contributed by atoms with van der Waals surface area (Å²) in [6.07, 6.45) is -0.0951. The molecule has 1 aromatic carbocycles. The van der Waals surface area contributed by atoms with Gasteiger partial charge >= 0.3 is 5.97 Å². The Hall–Kier alpha value is -2.21. The summed E-state index contributed by atoms with van der Waals surface area (Å²) in [6, 6.07) is 7.37. The maximum Gasteiger partial charge on any atom is 0.308 e. The third-order valence-electron chi connectivity index (χ3n) is 2.93. The van der Waals surface area contributed by atoms with Crippen LogP contribution in [0.3, 0.4) is 0 Å². The molecule has 6 heteroatoms. The largest absolute Gasteiger partial charge is 0.469 e. The van der Waals surface area contributed by atoms with Gasteiger partial charge in [-0.1, -0.05) is 30.3 Å². The molecule has 1 rings (SSSR count). The van der Waals surface area contributed by atoms with E-state index < -0.39 is 23.8 Å². The molecule has 0 spiro atoms. The lowest BCUT2D eigenvalue weighted by atomic mass is 10.0. The number of rotatable bonds is 7. The molecule has 0 saturated heterocycles. The zero-order chi connectivity index (χ0) is 15.8. The third kappa shape index (κ3) is 5.74. The van der Waals surface area contributed by atoms with Crippen molar-refractivity contribution in [3.8, 4) is 0 Å². The van der Waals surface area contributed by atoms with Crippen LogP contribution >= 0.6 is 0 Å². The Bertz CT molecular complexity index is 500. The average molecular weight is 292 g/mol. The van der Waals surface area contributed by atoms with Gasteiger partial charge in [-0.3, -0.25) is 14.4 Å². The Morgan fingerprint density at radius 3 is 2.38 bits per heavy atom. The van der Waals surface area contributed by atoms with Crippen molar-refractivity contribution < 1.29 is 19.1 Å². The Morgan fingerprint density at radius 2 is 1.86 bits per heavy atom. The number of carbonyl (C=O) groups excluding carboxylic acids is 3. The maximum absolute atomic E-state index is 12.0. The summed E-state index contributed by atoms with van der Waals surface area (Å²) in [5.74, 6) is -1.32. The first kappa shape index (κ1) is 16.8. The van der Waals surface area contributed by atoms with Gasteiger partial charge in [-0.05, 0) is 12.5 Å². The highest BCUT2D eigenvalue weighted by Crippen LogP contribution is 2.03. The minimum Gasteiger partial charge on any atom is -0.469 e. The molecule has 3 N–H and O–H groups in total. The summed E-state index contributed by atoms with van der Waals surface area (Å²) in [6.45, 7) is 1.51. The number of nitrogens with one attached hydrogen (secondary N) is 1. The van der Waals surface area contributed by atoms with Gasteiger partial charge < -0.3 is 15.8 Å². The molecule has 114 valence electrons. The monoisotopic (exact) mass is 292 g/mol. The maximum atomic E-state index is 12.0. The number of esters is 1. The van der Waals surface area contributed by atoms with Gasteiger partial charge in [-0.15, -0.1) is 0 Å². The second-order valence-corrected chi connectivity index (χ2v) is 4.75. The number of nitrogens with two attached hydrogens (primary N) is 1. The number of methoxy groups -OCH3 is 1. The SMILES string of the molecule is COC(=O)CC(NC(=O)Cc1ccccc1)C(=O)[C@H](C)N. The van der Waals surface area contributed by atoms with E-state index in [0.29, 0.717) is 0 Å². The fraction of sp³-hybridized carbons (Fsp3) is 0.400. The number of benzene rings is 1. The van der Waals surface area contributed by atoms with E-state index in [0.717, 1.165) is 5.56 Å². The Balaban J connectivity index is 2.69. The first-order valence-electron chi connectivity index (χ1n) is 6.63. The lowest BCUT2D eigenvalue weighted by Crippen LogP contribution is -2.48. The molecule has 6 nitrogen and oxygen atoms in total. The highest BCUT2D eigenvalue weighted by atomic mass is 16.5. The number of Topliss-reactive ketones (excluding diaryl/α,β-unsaturated/α-hetero) is 1. The Labute approximate surface area is 123 Å². The zero-order valence-corrected chi connectivity index (χ0v) is 12.2. The summed E-state index contributed by atoms with van der Waals surface area (Å²) in [7, 11) is 1.22. The van der Waals surface area contributed by atoms with E-state index in [4.69, 9.17) is 5.73 Å². The van der Waals surface area contributed by atoms with Gasteiger partial charge in [0.25, 0.3) is 0 Å². The molecule has 21 heavy (non-hydrogen) atoms. The topological polar surface area (TPSA) is 98.5 Å². The van der Waals surface area contributed by atoms with Gasteiger partial charge in [0.15, 0.2) is 5.78 Å². The van der Waals surface area contributed by atoms with Crippen molar-refractivity contribution in [2.75, 3.05) is 7.11 Å². The molecule has 1 aromatic rings. The smallest absolute Gasteiger partial charge is 0.308 e. The van der Waals surface area contributed by atoms with E-state index in [9.17, 15) is 14.4 Å². The van der Waals surface area contributed by atoms with Crippen LogP contribution in [0.1, 0.15) is 18.9 Å². The van der Waals surface area contributed by atoms with Crippen LogP contribution < -0.4 is 11.1 Å². The molecule has 0 heterocycles. The molecule has 0 fully saturated rings. The lowest BCUT2D eigenvalue weighted by molar-refractivity contribution is -0.143. The minimum absolute atomic E-state index is 0.130. The molecule has 0 radical (unpaired) electrons. The van der Waals surface area contributed by atoms with Gasteiger partial charge in [0.2, 0.25) is 5.91 Å². The standard InChI is InChI=1S/C15H20N2O4/c1-10(16)15(20)12(9-14(19)21-2)17-13(18)8-11-6-4-3-5-7-11/h3-7,10,12H,8-9,16H2,1-2H3,(H,17,18)/t10-,12?/m0/s1. The predicted molar refractivity (Wildman–Crippen MR) is 77.4 cm³/mol. The average Bonchev–Trinajstić information content (AvgIpc) is 2.46. The van der Waals surface area contributed by atoms with Crippen molar-refractivity contribution in [1.82, 2.24) is 5.32 Å². The third-order valence-corrected chi connectivity index (χ3v) is 2.93. The molecule has 1 amide bonds. The predicted octanol–water partition coefficient (Wildman–Crippen LogP) is 0.193. The van der Waals surface area contributed by atoms with E-state index >= 15 is 0 Å². The quantitative estimate of drug-likeness (QED) is 0.699. The van der Waals surface area contributed by atoms with Crippen molar-refractivity contribution >= 4 is 17.7 Å². The number of carbonyl (C=O) groups is 3. The van der Waals surface area contributed by atoms with Gasteiger partial charge in [-0.2, -0.15) is 0 Å². The summed E-state index contributed by atoms with van der Waals surface area (Å²) >= 11 is 0. The molecule has 0 aliphatic rings. The first-order valence-corrected chi connectivity index (χ1v) is 6.63. The van der Waals surface area contributed by atoms with Crippen LogP contribution in [0.25, 0.3) is 0 Å². The lowest BCUT2D eigenvalue weighted by Gasteiger charge is -2.18. The fourth-order valence-corrected chi connectivity index (χ4v) is 1.82. The van der Waals surface area contributed by atoms with E-state index in [1.54, 1.807) is 0 Å². The highest BCUT2D eigenvalue weighted by molar-refractivity contribution is 5.95. The van der Waals surface area contributed by atoms with Crippen molar-refractivity contribution in [3.63, 3.8) is 0 Å². The van der Waals surface area contributed by atoms with Gasteiger partial charge in [0.05, 0.1) is 32.0 Å². The van der Waals surface area contributed by atoms with Crippen LogP contribution in [-0.4, -0.2) is 36.9 Å². The van der Waals surface area contributed by atoms with E-state index in [1.807, 2.05) is 30.3 Å². The second-order valence-electron chi connectivity index (χ2n) is 4.75. The molecule has 0 bridgehead atoms. The van der Waals surface area contributed by atoms with E-state index in [1.165, 1.54) is 14.0 Å². The fourth-order valence-electron chi connectivity index (χ4n) is 1.82. The number of hydrogen-bond donors (Lipinski definition) is 2. The Morgan fingerprint density at radius 1 is 1.24 bits per heavy atom. The van der Waals surface area contributed by atoms with Crippen molar-refractivity contribution in [2.45, 2.75) is 31.8 Å². The van der Waals surface area contributed by atoms with Gasteiger partial charge in [-0.25, -0.2) is 0 Å². The van der Waals surface area contributed by atoms with Crippen molar-refractivity contribution in [2.24, 2.45) is 5.73 Å². The summed E-state index contributed by atoms with van der Waals surface area (Å²) in [5.41, 5.74) is 6.35. The molecule has 1 unspecified atom stereocenters. The van der Waals surface area contributed by atoms with Crippen molar-refractivity contribution in [1.29, 1.82) is 0 Å². The molecule has 0 aliphatic carbocycles. The number of hydrogen-bond acceptors (Lipinski definition) is 5. The van der Waals surface area contributed by atoms with Crippen LogP contribution in [-0.2, 0) is 25.5 Å². The second kappa shape index (κ2) is 8.16. The molecule has 2 atom stereocenters. The number of ether oxygens (including phenoxy) is 1. The molecule has 0 aliphatic heterocycles. The van der Waals surface area contributed by atoms with Crippen LogP contribution in [0, 0.1) is 0 Å². The molecular weight excluding hydrogens is 272 g/mol. The normalized spacial score (nSPS) is 13.1. The first-order chi connectivity index (χ1) is 9.93.